The van der Waals surface area contributed by atoms with Gasteiger partial charge in [0.05, 0.1) is 24.9 Å². The quantitative estimate of drug-likeness (QED) is 0.420. The summed E-state index contributed by atoms with van der Waals surface area (Å²) < 4.78 is 7.04. The van der Waals surface area contributed by atoms with Gasteiger partial charge in [0.1, 0.15) is 11.4 Å². The average Bonchev–Trinajstić information content (AvgIpc) is 3.40. The molecule has 1 aromatic heterocycles. The fraction of sp³-hybridized carbons (Fsp3) is 0.207. The lowest BCUT2D eigenvalue weighted by atomic mass is 10.1. The summed E-state index contributed by atoms with van der Waals surface area (Å²) in [5, 5.41) is 7.70. The van der Waals surface area contributed by atoms with Crippen LogP contribution in [-0.4, -0.2) is 71.2 Å². The van der Waals surface area contributed by atoms with Crippen molar-refractivity contribution in [3.05, 3.63) is 96.7 Å². The van der Waals surface area contributed by atoms with Gasteiger partial charge in [0.15, 0.2) is 0 Å². The highest BCUT2D eigenvalue weighted by Crippen LogP contribution is 2.27. The number of ether oxygens (including phenoxy) is 1. The highest BCUT2D eigenvalue weighted by Gasteiger charge is 2.27. The number of carbonyl (C=O) groups excluding carboxylic acids is 2. The molecule has 1 aliphatic heterocycles. The third kappa shape index (κ3) is 5.70. The molecule has 0 radical (unpaired) electrons. The van der Waals surface area contributed by atoms with Crippen LogP contribution in [0.5, 0.6) is 5.75 Å². The van der Waals surface area contributed by atoms with Crippen LogP contribution in [-0.2, 0) is 4.79 Å². The standard InChI is InChI=1S/C29H29N5O3/c1-37-25-14-12-22(13-15-25)28-26(20-34(31-28)24-10-6-3-7-11-24)29(36)33-18-16-32(17-19-33)21-27(35)30-23-8-4-2-5-9-23/h2-15,20H,16-19,21H2,1H3,(H,30,35). The summed E-state index contributed by atoms with van der Waals surface area (Å²) in [6, 6.07) is 26.7. The number of carbonyl (C=O) groups is 2. The number of anilines is 1. The van der Waals surface area contributed by atoms with Crippen molar-refractivity contribution in [1.29, 1.82) is 0 Å². The van der Waals surface area contributed by atoms with Crippen LogP contribution in [0, 0.1) is 0 Å². The first kappa shape index (κ1) is 24.3. The highest BCUT2D eigenvalue weighted by atomic mass is 16.5. The Morgan fingerprint density at radius 1 is 0.865 bits per heavy atom. The zero-order valence-electron chi connectivity index (χ0n) is 20.7. The van der Waals surface area contributed by atoms with Gasteiger partial charge < -0.3 is 15.0 Å². The molecule has 3 aromatic carbocycles. The molecular formula is C29H29N5O3. The molecule has 8 nitrogen and oxygen atoms in total. The maximum Gasteiger partial charge on any atom is 0.257 e. The minimum Gasteiger partial charge on any atom is -0.497 e. The number of methoxy groups -OCH3 is 1. The van der Waals surface area contributed by atoms with Crippen LogP contribution in [0.1, 0.15) is 10.4 Å². The number of benzene rings is 3. The number of rotatable bonds is 7. The number of piperazine rings is 1. The third-order valence-electron chi connectivity index (χ3n) is 6.41. The number of amides is 2. The molecule has 0 unspecified atom stereocenters. The Morgan fingerprint density at radius 3 is 2.16 bits per heavy atom. The van der Waals surface area contributed by atoms with Crippen LogP contribution in [0.3, 0.4) is 0 Å². The molecule has 37 heavy (non-hydrogen) atoms. The minimum absolute atomic E-state index is 0.0584. The number of nitrogens with one attached hydrogen (secondary N) is 1. The van der Waals surface area contributed by atoms with E-state index >= 15 is 0 Å². The number of hydrogen-bond donors (Lipinski definition) is 1. The van der Waals surface area contributed by atoms with E-state index < -0.39 is 0 Å². The summed E-state index contributed by atoms with van der Waals surface area (Å²) in [5.74, 6) is 0.616. The molecule has 0 spiro atoms. The first-order chi connectivity index (χ1) is 18.1. The second-order valence-electron chi connectivity index (χ2n) is 8.88. The van der Waals surface area contributed by atoms with Crippen molar-refractivity contribution in [2.24, 2.45) is 0 Å². The van der Waals surface area contributed by atoms with Gasteiger partial charge >= 0.3 is 0 Å². The van der Waals surface area contributed by atoms with Crippen LogP contribution in [0.2, 0.25) is 0 Å². The normalized spacial score (nSPS) is 13.8. The third-order valence-corrected chi connectivity index (χ3v) is 6.41. The Morgan fingerprint density at radius 2 is 1.51 bits per heavy atom. The Bertz CT molecular complexity index is 1350. The molecule has 1 fully saturated rings. The lowest BCUT2D eigenvalue weighted by Crippen LogP contribution is -2.50. The molecule has 4 aromatic rings. The molecule has 1 aliphatic rings. The Balaban J connectivity index is 1.30. The molecule has 0 saturated carbocycles. The van der Waals surface area contributed by atoms with Crippen molar-refractivity contribution < 1.29 is 14.3 Å². The molecule has 1 N–H and O–H groups in total. The average molecular weight is 496 g/mol. The Hall–Kier alpha value is -4.43. The Kier molecular flexibility index (Phi) is 7.28. The van der Waals surface area contributed by atoms with Gasteiger partial charge in [-0.15, -0.1) is 0 Å². The fourth-order valence-electron chi connectivity index (χ4n) is 4.41. The van der Waals surface area contributed by atoms with E-state index in [-0.39, 0.29) is 11.8 Å². The van der Waals surface area contributed by atoms with Crippen molar-refractivity contribution in [2.75, 3.05) is 45.2 Å². The maximum atomic E-state index is 13.7. The van der Waals surface area contributed by atoms with Gasteiger partial charge in [-0.05, 0) is 48.5 Å². The van der Waals surface area contributed by atoms with Gasteiger partial charge in [-0.1, -0.05) is 36.4 Å². The van der Waals surface area contributed by atoms with Gasteiger partial charge in [0.2, 0.25) is 5.91 Å². The second-order valence-corrected chi connectivity index (χ2v) is 8.88. The first-order valence-electron chi connectivity index (χ1n) is 12.3. The van der Waals surface area contributed by atoms with Crippen LogP contribution in [0.4, 0.5) is 5.69 Å². The van der Waals surface area contributed by atoms with Crippen LogP contribution < -0.4 is 10.1 Å². The van der Waals surface area contributed by atoms with E-state index in [0.29, 0.717) is 44.0 Å². The largest absolute Gasteiger partial charge is 0.497 e. The topological polar surface area (TPSA) is 79.7 Å². The van der Waals surface area contributed by atoms with E-state index in [0.717, 1.165) is 22.7 Å². The predicted molar refractivity (Wildman–Crippen MR) is 143 cm³/mol. The predicted octanol–water partition coefficient (Wildman–Crippen LogP) is 3.94. The van der Waals surface area contributed by atoms with Crippen molar-refractivity contribution in [3.63, 3.8) is 0 Å². The smallest absolute Gasteiger partial charge is 0.257 e. The SMILES string of the molecule is COc1ccc(-c2nn(-c3ccccc3)cc2C(=O)N2CCN(CC(=O)Nc3ccccc3)CC2)cc1. The van der Waals surface area contributed by atoms with Crippen LogP contribution in [0.25, 0.3) is 16.9 Å². The Labute approximate surface area is 216 Å². The lowest BCUT2D eigenvalue weighted by molar-refractivity contribution is -0.117. The van der Waals surface area contributed by atoms with Gasteiger partial charge in [-0.3, -0.25) is 14.5 Å². The van der Waals surface area contributed by atoms with Gasteiger partial charge in [-0.25, -0.2) is 4.68 Å². The van der Waals surface area contributed by atoms with Gasteiger partial charge in [-0.2, -0.15) is 5.10 Å². The van der Waals surface area contributed by atoms with Crippen molar-refractivity contribution in [1.82, 2.24) is 19.6 Å². The molecule has 0 atom stereocenters. The molecule has 0 bridgehead atoms. The number of nitrogens with zero attached hydrogens (tertiary/aromatic N) is 4. The van der Waals surface area contributed by atoms with Crippen LogP contribution in [0.15, 0.2) is 91.1 Å². The molecule has 188 valence electrons. The van der Waals surface area contributed by atoms with E-state index in [4.69, 9.17) is 9.84 Å². The molecule has 8 heteroatoms. The summed E-state index contributed by atoms with van der Waals surface area (Å²) in [4.78, 5) is 30.0. The highest BCUT2D eigenvalue weighted by molar-refractivity contribution is 6.00. The maximum absolute atomic E-state index is 13.7. The molecule has 2 heterocycles. The zero-order chi connectivity index (χ0) is 25.6. The molecule has 1 saturated heterocycles. The minimum atomic E-state index is -0.0682. The number of para-hydroxylation sites is 2. The number of aromatic nitrogens is 2. The molecule has 0 aliphatic carbocycles. The van der Waals surface area contributed by atoms with E-state index in [1.165, 1.54) is 0 Å². The summed E-state index contributed by atoms with van der Waals surface area (Å²) >= 11 is 0. The molecule has 5 rings (SSSR count). The molecule has 2 amide bonds. The fourth-order valence-corrected chi connectivity index (χ4v) is 4.41. The second kappa shape index (κ2) is 11.1. The van der Waals surface area contributed by atoms with Gasteiger partial charge in [0, 0.05) is 43.6 Å². The van der Waals surface area contributed by atoms with Gasteiger partial charge in [0.25, 0.3) is 5.91 Å². The summed E-state index contributed by atoms with van der Waals surface area (Å²) in [7, 11) is 1.62. The zero-order valence-corrected chi connectivity index (χ0v) is 20.7. The van der Waals surface area contributed by atoms with Crippen molar-refractivity contribution >= 4 is 17.5 Å². The van der Waals surface area contributed by atoms with Crippen molar-refractivity contribution in [2.45, 2.75) is 0 Å². The summed E-state index contributed by atoms with van der Waals surface area (Å²) in [5.41, 5.74) is 3.67. The summed E-state index contributed by atoms with van der Waals surface area (Å²) in [6.45, 7) is 2.61. The first-order valence-corrected chi connectivity index (χ1v) is 12.3. The van der Waals surface area contributed by atoms with E-state index in [1.54, 1.807) is 18.0 Å². The van der Waals surface area contributed by atoms with Crippen molar-refractivity contribution in [3.8, 4) is 22.7 Å². The van der Waals surface area contributed by atoms with E-state index in [9.17, 15) is 9.59 Å². The monoisotopic (exact) mass is 495 g/mol. The van der Waals surface area contributed by atoms with E-state index in [1.807, 2.05) is 89.8 Å². The summed E-state index contributed by atoms with van der Waals surface area (Å²) in [6.07, 6.45) is 1.80. The lowest BCUT2D eigenvalue weighted by Gasteiger charge is -2.34. The van der Waals surface area contributed by atoms with E-state index in [2.05, 4.69) is 10.2 Å². The van der Waals surface area contributed by atoms with Crippen LogP contribution >= 0.6 is 0 Å². The molecular weight excluding hydrogens is 466 g/mol. The number of hydrogen-bond acceptors (Lipinski definition) is 5.